The molecule has 1 atom stereocenters. The lowest BCUT2D eigenvalue weighted by Crippen LogP contribution is -2.28. The second kappa shape index (κ2) is 4.96. The van der Waals surface area contributed by atoms with Crippen LogP contribution in [0.15, 0.2) is 24.3 Å². The van der Waals surface area contributed by atoms with Crippen LogP contribution < -0.4 is 4.74 Å². The zero-order valence-electron chi connectivity index (χ0n) is 9.71. The molecule has 1 aromatic carbocycles. The third kappa shape index (κ3) is 4.26. The first kappa shape index (κ1) is 13.8. The molecule has 0 saturated heterocycles. The van der Waals surface area contributed by atoms with Gasteiger partial charge in [0.15, 0.2) is 0 Å². The van der Waals surface area contributed by atoms with E-state index in [4.69, 9.17) is 4.74 Å². The summed E-state index contributed by atoms with van der Waals surface area (Å²) in [4.78, 5) is 0. The fourth-order valence-electron chi connectivity index (χ4n) is 1.57. The van der Waals surface area contributed by atoms with Crippen LogP contribution in [0.1, 0.15) is 25.8 Å². The topological polar surface area (TPSA) is 29.5 Å². The van der Waals surface area contributed by atoms with Crippen molar-refractivity contribution in [2.75, 3.05) is 6.61 Å². The average Bonchev–Trinajstić information content (AvgIpc) is 2.15. The summed E-state index contributed by atoms with van der Waals surface area (Å²) in [6, 6.07) is 5.97. The van der Waals surface area contributed by atoms with Gasteiger partial charge in [-0.3, -0.25) is 0 Å². The number of benzene rings is 1. The summed E-state index contributed by atoms with van der Waals surface area (Å²) in [5.74, 6) is 0.569. The second-order valence-electron chi connectivity index (χ2n) is 4.02. The maximum Gasteiger partial charge on any atom is 0.392 e. The molecule has 0 amide bonds. The van der Waals surface area contributed by atoms with Gasteiger partial charge in [-0.2, -0.15) is 13.2 Å². The van der Waals surface area contributed by atoms with Gasteiger partial charge in [-0.1, -0.05) is 12.1 Å². The number of ether oxygens (including phenoxy) is 1. The molecule has 5 heteroatoms. The first-order valence-corrected chi connectivity index (χ1v) is 5.27. The molecule has 0 aliphatic carbocycles. The SMILES string of the molecule is CCOc1ccc(C(C)(O)CC(F)(F)F)cc1. The first-order chi connectivity index (χ1) is 7.74. The fraction of sp³-hybridized carbons (Fsp3) is 0.500. The van der Waals surface area contributed by atoms with E-state index in [0.29, 0.717) is 12.4 Å². The maximum atomic E-state index is 12.3. The molecule has 1 N–H and O–H groups in total. The van der Waals surface area contributed by atoms with Gasteiger partial charge >= 0.3 is 6.18 Å². The Kier molecular flexibility index (Phi) is 4.03. The fourth-order valence-corrected chi connectivity index (χ4v) is 1.57. The molecule has 0 bridgehead atoms. The van der Waals surface area contributed by atoms with Crippen molar-refractivity contribution in [2.24, 2.45) is 0 Å². The lowest BCUT2D eigenvalue weighted by Gasteiger charge is -2.25. The van der Waals surface area contributed by atoms with E-state index in [-0.39, 0.29) is 5.56 Å². The van der Waals surface area contributed by atoms with E-state index in [1.165, 1.54) is 12.1 Å². The number of halogens is 3. The van der Waals surface area contributed by atoms with Crippen molar-refractivity contribution in [1.82, 2.24) is 0 Å². The standard InChI is InChI=1S/C12H15F3O2/c1-3-17-10-6-4-9(5-7-10)11(2,16)8-12(13,14)15/h4-7,16H,3,8H2,1-2H3. The van der Waals surface area contributed by atoms with E-state index >= 15 is 0 Å². The zero-order valence-corrected chi connectivity index (χ0v) is 9.71. The predicted octanol–water partition coefficient (Wildman–Crippen LogP) is 3.25. The molecule has 2 nitrogen and oxygen atoms in total. The normalized spacial score (nSPS) is 15.4. The summed E-state index contributed by atoms with van der Waals surface area (Å²) in [5, 5.41) is 9.78. The molecule has 1 aromatic rings. The van der Waals surface area contributed by atoms with Gasteiger partial charge in [0.25, 0.3) is 0 Å². The Morgan fingerprint density at radius 2 is 1.71 bits per heavy atom. The molecule has 0 saturated carbocycles. The maximum absolute atomic E-state index is 12.3. The van der Waals surface area contributed by atoms with Crippen LogP contribution in [0.2, 0.25) is 0 Å². The van der Waals surface area contributed by atoms with Crippen molar-refractivity contribution in [3.63, 3.8) is 0 Å². The van der Waals surface area contributed by atoms with Crippen LogP contribution in [0.3, 0.4) is 0 Å². The molecular formula is C12H15F3O2. The minimum absolute atomic E-state index is 0.221. The van der Waals surface area contributed by atoms with Crippen LogP contribution in [-0.2, 0) is 5.60 Å². The Labute approximate surface area is 98.0 Å². The highest BCUT2D eigenvalue weighted by atomic mass is 19.4. The van der Waals surface area contributed by atoms with E-state index < -0.39 is 18.2 Å². The van der Waals surface area contributed by atoms with E-state index in [0.717, 1.165) is 6.92 Å². The quantitative estimate of drug-likeness (QED) is 0.886. The van der Waals surface area contributed by atoms with Gasteiger partial charge in [-0.15, -0.1) is 0 Å². The molecule has 1 unspecified atom stereocenters. The molecule has 0 aliphatic rings. The number of hydrogen-bond acceptors (Lipinski definition) is 2. The number of alkyl halides is 3. The van der Waals surface area contributed by atoms with E-state index in [2.05, 4.69) is 0 Å². The Balaban J connectivity index is 2.84. The Hall–Kier alpha value is -1.23. The highest BCUT2D eigenvalue weighted by Gasteiger charge is 2.39. The van der Waals surface area contributed by atoms with E-state index in [9.17, 15) is 18.3 Å². The van der Waals surface area contributed by atoms with Gasteiger partial charge in [0.2, 0.25) is 0 Å². The zero-order chi connectivity index (χ0) is 13.1. The second-order valence-corrected chi connectivity index (χ2v) is 4.02. The lowest BCUT2D eigenvalue weighted by molar-refractivity contribution is -0.174. The molecule has 0 fully saturated rings. The largest absolute Gasteiger partial charge is 0.494 e. The Morgan fingerprint density at radius 3 is 2.12 bits per heavy atom. The average molecular weight is 248 g/mol. The minimum Gasteiger partial charge on any atom is -0.494 e. The summed E-state index contributed by atoms with van der Waals surface area (Å²) >= 11 is 0. The molecular weight excluding hydrogens is 233 g/mol. The monoisotopic (exact) mass is 248 g/mol. The number of rotatable bonds is 4. The number of hydrogen-bond donors (Lipinski definition) is 1. The minimum atomic E-state index is -4.40. The molecule has 0 spiro atoms. The van der Waals surface area contributed by atoms with Crippen LogP contribution in [-0.4, -0.2) is 17.9 Å². The summed E-state index contributed by atoms with van der Waals surface area (Å²) in [5.41, 5.74) is -1.69. The van der Waals surface area contributed by atoms with Gasteiger partial charge in [-0.25, -0.2) is 0 Å². The van der Waals surface area contributed by atoms with Crippen LogP contribution in [0.25, 0.3) is 0 Å². The van der Waals surface area contributed by atoms with Crippen molar-refractivity contribution in [3.8, 4) is 5.75 Å². The summed E-state index contributed by atoms with van der Waals surface area (Å²) in [6.45, 7) is 3.45. The van der Waals surface area contributed by atoms with Crippen LogP contribution in [0.4, 0.5) is 13.2 Å². The smallest absolute Gasteiger partial charge is 0.392 e. The predicted molar refractivity (Wildman–Crippen MR) is 57.9 cm³/mol. The summed E-state index contributed by atoms with van der Waals surface area (Å²) in [7, 11) is 0. The molecule has 0 aliphatic heterocycles. The summed E-state index contributed by atoms with van der Waals surface area (Å²) < 4.78 is 41.9. The molecule has 17 heavy (non-hydrogen) atoms. The van der Waals surface area contributed by atoms with Crippen LogP contribution in [0.5, 0.6) is 5.75 Å². The third-order valence-electron chi connectivity index (χ3n) is 2.33. The molecule has 96 valence electrons. The van der Waals surface area contributed by atoms with Gasteiger partial charge in [0.1, 0.15) is 5.75 Å². The van der Waals surface area contributed by atoms with Gasteiger partial charge in [-0.05, 0) is 31.5 Å². The van der Waals surface area contributed by atoms with E-state index in [1.54, 1.807) is 12.1 Å². The highest BCUT2D eigenvalue weighted by Crippen LogP contribution is 2.34. The lowest BCUT2D eigenvalue weighted by atomic mass is 9.92. The Morgan fingerprint density at radius 1 is 1.18 bits per heavy atom. The van der Waals surface area contributed by atoms with Crippen LogP contribution in [0, 0.1) is 0 Å². The Bertz CT molecular complexity index is 355. The van der Waals surface area contributed by atoms with Crippen molar-refractivity contribution < 1.29 is 23.0 Å². The van der Waals surface area contributed by atoms with Crippen molar-refractivity contribution in [2.45, 2.75) is 32.0 Å². The molecule has 0 heterocycles. The van der Waals surface area contributed by atoms with Crippen molar-refractivity contribution >= 4 is 0 Å². The first-order valence-electron chi connectivity index (χ1n) is 5.27. The third-order valence-corrected chi connectivity index (χ3v) is 2.33. The van der Waals surface area contributed by atoms with Gasteiger partial charge in [0.05, 0.1) is 18.6 Å². The molecule has 0 radical (unpaired) electrons. The van der Waals surface area contributed by atoms with Crippen LogP contribution >= 0.6 is 0 Å². The van der Waals surface area contributed by atoms with Crippen molar-refractivity contribution in [1.29, 1.82) is 0 Å². The van der Waals surface area contributed by atoms with Crippen molar-refractivity contribution in [3.05, 3.63) is 29.8 Å². The molecule has 1 rings (SSSR count). The molecule has 0 aromatic heterocycles. The van der Waals surface area contributed by atoms with Gasteiger partial charge in [0, 0.05) is 0 Å². The van der Waals surface area contributed by atoms with E-state index in [1.807, 2.05) is 6.92 Å². The summed E-state index contributed by atoms with van der Waals surface area (Å²) in [6.07, 6.45) is -5.67. The highest BCUT2D eigenvalue weighted by molar-refractivity contribution is 5.30. The number of aliphatic hydroxyl groups is 1. The van der Waals surface area contributed by atoms with Gasteiger partial charge < -0.3 is 9.84 Å².